The second kappa shape index (κ2) is 30.0. The quantitative estimate of drug-likeness (QED) is 0.0350. The van der Waals surface area contributed by atoms with Crippen LogP contribution in [-0.4, -0.2) is 107 Å². The number of carboxylic acid groups (broad SMARTS) is 1. The average Bonchev–Trinajstić information content (AvgIpc) is 3.88. The number of hydrogen-bond donors (Lipinski definition) is 1. The first kappa shape index (κ1) is 59.2. The highest BCUT2D eigenvalue weighted by Crippen LogP contribution is 2.36. The summed E-state index contributed by atoms with van der Waals surface area (Å²) in [5.74, 6) is 0.118. The van der Waals surface area contributed by atoms with E-state index in [0.29, 0.717) is 25.2 Å². The minimum Gasteiger partial charge on any atom is -0.481 e. The summed E-state index contributed by atoms with van der Waals surface area (Å²) in [6.07, 6.45) is 6.25. The number of alkyl halides is 2. The molecule has 6 heterocycles. The standard InChI is InChI=1S/C24H23BrN4O5.C20H17BrN4O2.C4H7ClO3.C2H2Cl2O2/c1-3-32-24(31)34-14-33-21(30)10-8-19-23-27-13-15(2)29(23)20-9-7-16(25)12-17(20)22(28-19)18-6-4-5-11-26-18;1-12-11-23-20-16(6-8-18(26)27)24-19(15-4-2-3-9-22-15)14-10-13(21)5-7-17(14)25(12)20;1-2-7-4(6)8-3-5;3-1-6-2(4)5/h4-7,9,11-13,19H,3,8,10,14H2,1-2H3;2-5,7,9-11,16H,6,8H2,1H3,(H,26,27);2-3H2,1H3;1H2/t19-;16-;;/m00../s1. The lowest BCUT2D eigenvalue weighted by atomic mass is 10.0. The zero-order chi connectivity index (χ0) is 54.4. The van der Waals surface area contributed by atoms with Gasteiger partial charge in [0.05, 0.1) is 47.4 Å². The van der Waals surface area contributed by atoms with Crippen LogP contribution in [0, 0.1) is 13.8 Å². The summed E-state index contributed by atoms with van der Waals surface area (Å²) >= 11 is 21.6. The van der Waals surface area contributed by atoms with E-state index in [1.807, 2.05) is 86.6 Å². The molecular weight excluding hydrogens is 1170 g/mol. The zero-order valence-corrected chi connectivity index (χ0v) is 46.1. The Kier molecular flexibility index (Phi) is 23.7. The van der Waals surface area contributed by atoms with E-state index >= 15 is 0 Å². The number of halogens is 5. The summed E-state index contributed by atoms with van der Waals surface area (Å²) in [5.41, 5.74) is 7.73. The van der Waals surface area contributed by atoms with Crippen molar-refractivity contribution in [1.29, 1.82) is 0 Å². The maximum absolute atomic E-state index is 12.3. The number of ether oxygens (including phenoxy) is 6. The van der Waals surface area contributed by atoms with E-state index in [9.17, 15) is 24.0 Å². The molecule has 6 aromatic rings. The Hall–Kier alpha value is -6.72. The van der Waals surface area contributed by atoms with Crippen molar-refractivity contribution >= 4 is 108 Å². The third kappa shape index (κ3) is 17.2. The molecule has 2 aromatic carbocycles. The molecule has 75 heavy (non-hydrogen) atoms. The molecule has 0 spiro atoms. The Bertz CT molecular complexity index is 2970. The minimum absolute atomic E-state index is 0.0234. The SMILES string of the molecule is CCOC(=O)OCCl.CCOC(=O)OCOC(=O)CC[C@@H]1N=C(c2ccccn2)c2cc(Br)ccc2-n2c(C)cnc21.Cc1cnc2n1-c1ccc(Br)cc1C(c1ccccn1)=N[C@H]2CCC(=O)O.O=C(Cl)OCCl. The van der Waals surface area contributed by atoms with Gasteiger partial charge in [-0.1, -0.05) is 67.2 Å². The Balaban J connectivity index is 0.000000224. The number of esters is 1. The Labute approximate surface area is 462 Å². The highest BCUT2D eigenvalue weighted by Gasteiger charge is 2.30. The largest absolute Gasteiger partial charge is 0.511 e. The molecule has 4 aromatic heterocycles. The topological polar surface area (TPSA) is 247 Å². The van der Waals surface area contributed by atoms with Gasteiger partial charge in [0.25, 0.3) is 0 Å². The molecule has 2 aliphatic heterocycles. The number of aliphatic imine (C=N–C) groups is 2. The number of rotatable bonds is 14. The molecule has 0 saturated carbocycles. The highest BCUT2D eigenvalue weighted by atomic mass is 79.9. The summed E-state index contributed by atoms with van der Waals surface area (Å²) in [6.45, 7) is 7.30. The summed E-state index contributed by atoms with van der Waals surface area (Å²) in [4.78, 5) is 82.4. The number of hydrogen-bond acceptors (Lipinski definition) is 17. The normalized spacial score (nSPS) is 13.6. The monoisotopic (exact) mass is 1220 g/mol. The molecule has 8 rings (SSSR count). The summed E-state index contributed by atoms with van der Waals surface area (Å²) in [6, 6.07) is 22.3. The van der Waals surface area contributed by atoms with Crippen LogP contribution in [0.4, 0.5) is 14.4 Å². The second-order valence-electron chi connectivity index (χ2n) is 15.3. The Morgan fingerprint density at radius 1 is 0.613 bits per heavy atom. The molecule has 2 atom stereocenters. The van der Waals surface area contributed by atoms with Gasteiger partial charge in [0.1, 0.15) is 23.7 Å². The molecular formula is C50H49Br2Cl3N8O12. The molecule has 0 amide bonds. The minimum atomic E-state index is -0.884. The molecule has 0 saturated heterocycles. The number of fused-ring (bicyclic) bond motifs is 6. The smallest absolute Gasteiger partial charge is 0.481 e. The van der Waals surface area contributed by atoms with Gasteiger partial charge >= 0.3 is 29.7 Å². The van der Waals surface area contributed by atoms with Crippen molar-refractivity contribution in [1.82, 2.24) is 29.1 Å². The van der Waals surface area contributed by atoms with Crippen molar-refractivity contribution in [3.8, 4) is 11.4 Å². The second-order valence-corrected chi connectivity index (χ2v) is 17.9. The number of pyridine rings is 2. The fourth-order valence-corrected chi connectivity index (χ4v) is 8.32. The maximum atomic E-state index is 12.3. The molecule has 0 fully saturated rings. The maximum Gasteiger partial charge on any atom is 0.511 e. The molecule has 1 N–H and O–H groups in total. The van der Waals surface area contributed by atoms with Crippen LogP contribution in [0.3, 0.4) is 0 Å². The first-order chi connectivity index (χ1) is 36.1. The number of carbonyl (C=O) groups excluding carboxylic acids is 4. The van der Waals surface area contributed by atoms with Gasteiger partial charge in [-0.15, -0.1) is 0 Å². The Morgan fingerprint density at radius 3 is 1.48 bits per heavy atom. The molecule has 2 aliphatic rings. The summed E-state index contributed by atoms with van der Waals surface area (Å²) < 4.78 is 32.8. The number of aliphatic carboxylic acids is 1. The van der Waals surface area contributed by atoms with Crippen LogP contribution in [0.25, 0.3) is 11.4 Å². The predicted molar refractivity (Wildman–Crippen MR) is 284 cm³/mol. The van der Waals surface area contributed by atoms with Crippen molar-refractivity contribution in [2.45, 2.75) is 65.5 Å². The lowest BCUT2D eigenvalue weighted by Crippen LogP contribution is -2.15. The number of benzene rings is 2. The molecule has 0 bridgehead atoms. The molecule has 0 unspecified atom stereocenters. The first-order valence-electron chi connectivity index (χ1n) is 22.7. The average molecular weight is 1220 g/mol. The third-order valence-electron chi connectivity index (χ3n) is 10.3. The zero-order valence-electron chi connectivity index (χ0n) is 40.7. The van der Waals surface area contributed by atoms with Crippen LogP contribution in [0.5, 0.6) is 0 Å². The van der Waals surface area contributed by atoms with E-state index in [4.69, 9.17) is 47.8 Å². The van der Waals surface area contributed by atoms with E-state index in [1.165, 1.54) is 0 Å². The third-order valence-corrected chi connectivity index (χ3v) is 11.7. The fourth-order valence-electron chi connectivity index (χ4n) is 7.30. The summed E-state index contributed by atoms with van der Waals surface area (Å²) in [5, 5.41) is 9.17. The van der Waals surface area contributed by atoms with Gasteiger partial charge in [0.15, 0.2) is 12.1 Å². The van der Waals surface area contributed by atoms with Crippen molar-refractivity contribution in [2.24, 2.45) is 9.98 Å². The summed E-state index contributed by atoms with van der Waals surface area (Å²) in [7, 11) is 0. The van der Waals surface area contributed by atoms with Gasteiger partial charge in [0.2, 0.25) is 6.79 Å². The van der Waals surface area contributed by atoms with Crippen molar-refractivity contribution < 1.29 is 57.5 Å². The van der Waals surface area contributed by atoms with Crippen molar-refractivity contribution in [3.63, 3.8) is 0 Å². The molecule has 25 heteroatoms. The van der Waals surface area contributed by atoms with Crippen LogP contribution in [0.15, 0.2) is 117 Å². The fraction of sp³-hybridized carbons (Fsp3) is 0.300. The predicted octanol–water partition coefficient (Wildman–Crippen LogP) is 11.7. The molecule has 20 nitrogen and oxygen atoms in total. The number of aromatic nitrogens is 6. The number of imidazole rings is 2. The van der Waals surface area contributed by atoms with Gasteiger partial charge in [-0.2, -0.15) is 0 Å². The Morgan fingerprint density at radius 2 is 1.08 bits per heavy atom. The molecule has 0 radical (unpaired) electrons. The highest BCUT2D eigenvalue weighted by molar-refractivity contribution is 9.10. The van der Waals surface area contributed by atoms with Gasteiger partial charge in [0, 0.05) is 80.7 Å². The first-order valence-corrected chi connectivity index (χ1v) is 25.7. The number of nitrogens with zero attached hydrogens (tertiary/aromatic N) is 8. The van der Waals surface area contributed by atoms with Crippen LogP contribution < -0.4 is 0 Å². The van der Waals surface area contributed by atoms with Crippen LogP contribution >= 0.6 is 66.7 Å². The number of carbonyl (C=O) groups is 5. The van der Waals surface area contributed by atoms with E-state index in [2.05, 4.69) is 91.5 Å². The van der Waals surface area contributed by atoms with Gasteiger partial charge in [-0.05, 0) is 101 Å². The number of aryl methyl sites for hydroxylation is 2. The lowest BCUT2D eigenvalue weighted by molar-refractivity contribution is -0.153. The van der Waals surface area contributed by atoms with E-state index < -0.39 is 42.5 Å². The van der Waals surface area contributed by atoms with Crippen molar-refractivity contribution in [2.75, 3.05) is 32.1 Å². The van der Waals surface area contributed by atoms with E-state index in [1.54, 1.807) is 38.6 Å². The molecule has 396 valence electrons. The van der Waals surface area contributed by atoms with Crippen LogP contribution in [0.2, 0.25) is 0 Å². The van der Waals surface area contributed by atoms with Crippen LogP contribution in [0.1, 0.15) is 97.2 Å². The van der Waals surface area contributed by atoms with E-state index in [-0.39, 0.29) is 37.6 Å². The van der Waals surface area contributed by atoms with Gasteiger partial charge in [-0.25, -0.2) is 24.4 Å². The van der Waals surface area contributed by atoms with E-state index in [0.717, 1.165) is 71.6 Å². The lowest BCUT2D eigenvalue weighted by Gasteiger charge is -2.14. The van der Waals surface area contributed by atoms with Crippen molar-refractivity contribution in [3.05, 3.63) is 152 Å². The van der Waals surface area contributed by atoms with Gasteiger partial charge < -0.3 is 33.5 Å². The number of carboxylic acids is 1. The van der Waals surface area contributed by atoms with Gasteiger partial charge in [-0.3, -0.25) is 38.7 Å². The molecule has 0 aliphatic carbocycles. The van der Waals surface area contributed by atoms with Crippen LogP contribution in [-0.2, 0) is 38.0 Å².